The van der Waals surface area contributed by atoms with Gasteiger partial charge < -0.3 is 19.9 Å². The second-order valence-corrected chi connectivity index (χ2v) is 15.9. The van der Waals surface area contributed by atoms with Gasteiger partial charge in [-0.25, -0.2) is 4.79 Å². The van der Waals surface area contributed by atoms with Crippen LogP contribution in [-0.2, 0) is 33.7 Å². The molecule has 272 valence electrons. The molecule has 0 saturated carbocycles. The van der Waals surface area contributed by atoms with E-state index in [2.05, 4.69) is 52.5 Å². The third-order valence-electron chi connectivity index (χ3n) is 10.7. The molecule has 3 heterocycles. The molecule has 0 spiro atoms. The van der Waals surface area contributed by atoms with Gasteiger partial charge in [-0.15, -0.1) is 0 Å². The minimum Gasteiger partial charge on any atom is -0.444 e. The molecule has 10 heteroatoms. The Labute approximate surface area is 307 Å². The fraction of sp³-hybridized carbons (Fsp3) is 0.488. The van der Waals surface area contributed by atoms with Gasteiger partial charge in [-0.3, -0.25) is 19.4 Å². The number of carbonyl (C=O) groups excluding carboxylic acids is 3. The van der Waals surface area contributed by atoms with E-state index in [9.17, 15) is 14.4 Å². The molecule has 0 aliphatic carbocycles. The fourth-order valence-corrected chi connectivity index (χ4v) is 8.05. The van der Waals surface area contributed by atoms with Crippen molar-refractivity contribution in [1.82, 2.24) is 24.9 Å². The molecule has 3 aliphatic heterocycles. The van der Waals surface area contributed by atoms with Gasteiger partial charge in [-0.1, -0.05) is 78.3 Å². The molecule has 0 radical (unpaired) electrons. The normalized spacial score (nSPS) is 20.1. The fourth-order valence-electron chi connectivity index (χ4n) is 7.92. The van der Waals surface area contributed by atoms with Crippen molar-refractivity contribution in [3.05, 3.63) is 106 Å². The molecule has 0 aromatic heterocycles. The Morgan fingerprint density at radius 3 is 2.18 bits per heavy atom. The summed E-state index contributed by atoms with van der Waals surface area (Å²) in [5, 5.41) is 3.71. The van der Waals surface area contributed by atoms with Crippen molar-refractivity contribution in [1.29, 1.82) is 0 Å². The zero-order valence-corrected chi connectivity index (χ0v) is 31.2. The van der Waals surface area contributed by atoms with E-state index < -0.39 is 23.8 Å². The number of piperazine rings is 1. The molecule has 6 rings (SSSR count). The maximum absolute atomic E-state index is 14.3. The molecule has 3 aliphatic rings. The van der Waals surface area contributed by atoms with Crippen molar-refractivity contribution < 1.29 is 19.1 Å². The smallest absolute Gasteiger partial charge is 0.411 e. The van der Waals surface area contributed by atoms with Crippen molar-refractivity contribution in [2.24, 2.45) is 0 Å². The molecule has 2 saturated heterocycles. The lowest BCUT2D eigenvalue weighted by molar-refractivity contribution is -0.139. The van der Waals surface area contributed by atoms with Gasteiger partial charge in [0.25, 0.3) is 0 Å². The molecule has 2 atom stereocenters. The van der Waals surface area contributed by atoms with Gasteiger partial charge in [0.2, 0.25) is 11.8 Å². The summed E-state index contributed by atoms with van der Waals surface area (Å²) in [4.78, 5) is 50.1. The molecule has 3 aromatic rings. The zero-order chi connectivity index (χ0) is 36.2. The van der Waals surface area contributed by atoms with Crippen molar-refractivity contribution in [2.75, 3.05) is 46.3 Å². The molecule has 51 heavy (non-hydrogen) atoms. The standard InChI is InChI=1S/C41H52ClN5O4/c1-40(2,3)51-39(50)47-29-32-12-8-9-13-34(32)36(47)27-37(48)43-35(26-30-14-16-33(42)17-15-30)38(49)45-22-24-46(25-23-45)41(18-20-44(4)21-19-41)28-31-10-6-5-7-11-31/h5-17,35-36H,18-29H2,1-4H3,(H,43,48)/t35-,36?/m1/s1. The van der Waals surface area contributed by atoms with Gasteiger partial charge in [0, 0.05) is 49.7 Å². The van der Waals surface area contributed by atoms with Crippen LogP contribution < -0.4 is 5.32 Å². The number of halogens is 1. The van der Waals surface area contributed by atoms with E-state index >= 15 is 0 Å². The number of piperidine rings is 1. The molecular formula is C41H52ClN5O4. The largest absolute Gasteiger partial charge is 0.444 e. The van der Waals surface area contributed by atoms with E-state index in [0.717, 1.165) is 62.1 Å². The van der Waals surface area contributed by atoms with Crippen LogP contribution in [0.2, 0.25) is 5.02 Å². The van der Waals surface area contributed by atoms with E-state index in [1.807, 2.05) is 62.1 Å². The monoisotopic (exact) mass is 713 g/mol. The summed E-state index contributed by atoms with van der Waals surface area (Å²) in [6, 6.07) is 24.7. The molecule has 3 aromatic carbocycles. The second-order valence-electron chi connectivity index (χ2n) is 15.5. The van der Waals surface area contributed by atoms with Crippen molar-refractivity contribution in [3.63, 3.8) is 0 Å². The predicted octanol–water partition coefficient (Wildman–Crippen LogP) is 6.10. The molecule has 9 nitrogen and oxygen atoms in total. The maximum atomic E-state index is 14.3. The summed E-state index contributed by atoms with van der Waals surface area (Å²) >= 11 is 6.19. The first-order valence-electron chi connectivity index (χ1n) is 18.3. The van der Waals surface area contributed by atoms with Crippen LogP contribution in [-0.4, -0.2) is 101 Å². The third-order valence-corrected chi connectivity index (χ3v) is 10.9. The number of likely N-dealkylation sites (tertiary alicyclic amines) is 1. The van der Waals surface area contributed by atoms with Gasteiger partial charge in [0.05, 0.1) is 12.5 Å². The van der Waals surface area contributed by atoms with Gasteiger partial charge in [-0.2, -0.15) is 0 Å². The lowest BCUT2D eigenvalue weighted by Gasteiger charge is -2.51. The Balaban J connectivity index is 1.17. The van der Waals surface area contributed by atoms with Crippen LogP contribution in [0.15, 0.2) is 78.9 Å². The first-order valence-corrected chi connectivity index (χ1v) is 18.6. The summed E-state index contributed by atoms with van der Waals surface area (Å²) < 4.78 is 5.73. The average Bonchev–Trinajstić information content (AvgIpc) is 3.48. The SMILES string of the molecule is CN1CCC(Cc2ccccc2)(N2CCN(C(=O)[C@@H](Cc3ccc(Cl)cc3)NC(=O)CC3c4ccccc4CN3C(=O)OC(C)(C)C)CC2)CC1. The van der Waals surface area contributed by atoms with Crippen LogP contribution in [0.1, 0.15) is 68.3 Å². The summed E-state index contributed by atoms with van der Waals surface area (Å²) in [5.41, 5.74) is 3.55. The number of hydrogen-bond donors (Lipinski definition) is 1. The van der Waals surface area contributed by atoms with Crippen LogP contribution in [0.25, 0.3) is 0 Å². The van der Waals surface area contributed by atoms with E-state index in [1.54, 1.807) is 17.0 Å². The Morgan fingerprint density at radius 1 is 0.863 bits per heavy atom. The van der Waals surface area contributed by atoms with Crippen molar-refractivity contribution in [2.45, 2.75) is 82.6 Å². The second kappa shape index (κ2) is 15.8. The Hall–Kier alpha value is -3.92. The topological polar surface area (TPSA) is 85.4 Å². The van der Waals surface area contributed by atoms with Crippen LogP contribution >= 0.6 is 11.6 Å². The number of nitrogens with zero attached hydrogens (tertiary/aromatic N) is 4. The lowest BCUT2D eigenvalue weighted by Crippen LogP contribution is -2.63. The molecule has 0 bridgehead atoms. The number of fused-ring (bicyclic) bond motifs is 1. The van der Waals surface area contributed by atoms with Gasteiger partial charge in [0.1, 0.15) is 11.6 Å². The summed E-state index contributed by atoms with van der Waals surface area (Å²) in [6.45, 7) is 10.7. The molecule has 1 N–H and O–H groups in total. The lowest BCUT2D eigenvalue weighted by atomic mass is 9.80. The minimum atomic E-state index is -0.765. The number of carbonyl (C=O) groups is 3. The molecular weight excluding hydrogens is 662 g/mol. The molecule has 2 fully saturated rings. The highest BCUT2D eigenvalue weighted by Crippen LogP contribution is 2.37. The first kappa shape index (κ1) is 36.9. The average molecular weight is 714 g/mol. The molecule has 1 unspecified atom stereocenters. The van der Waals surface area contributed by atoms with Gasteiger partial charge >= 0.3 is 6.09 Å². The van der Waals surface area contributed by atoms with Crippen LogP contribution in [0.5, 0.6) is 0 Å². The number of hydrogen-bond acceptors (Lipinski definition) is 6. The number of amides is 3. The van der Waals surface area contributed by atoms with E-state index in [1.165, 1.54) is 5.56 Å². The number of ether oxygens (including phenoxy) is 1. The number of nitrogens with one attached hydrogen (secondary N) is 1. The van der Waals surface area contributed by atoms with Crippen LogP contribution in [0, 0.1) is 0 Å². The highest BCUT2D eigenvalue weighted by Gasteiger charge is 2.42. The Kier molecular flexibility index (Phi) is 11.4. The van der Waals surface area contributed by atoms with E-state index in [0.29, 0.717) is 31.1 Å². The molecule has 3 amide bonds. The zero-order valence-electron chi connectivity index (χ0n) is 30.4. The number of benzene rings is 3. The van der Waals surface area contributed by atoms with E-state index in [4.69, 9.17) is 16.3 Å². The van der Waals surface area contributed by atoms with Gasteiger partial charge in [-0.05, 0) is 94.6 Å². The highest BCUT2D eigenvalue weighted by molar-refractivity contribution is 6.30. The summed E-state index contributed by atoms with van der Waals surface area (Å²) in [7, 11) is 2.19. The Bertz CT molecular complexity index is 1660. The highest BCUT2D eigenvalue weighted by atomic mass is 35.5. The minimum absolute atomic E-state index is 0.0187. The third kappa shape index (κ3) is 9.12. The van der Waals surface area contributed by atoms with Crippen molar-refractivity contribution in [3.8, 4) is 0 Å². The van der Waals surface area contributed by atoms with Crippen LogP contribution in [0.4, 0.5) is 4.79 Å². The van der Waals surface area contributed by atoms with Gasteiger partial charge in [0.15, 0.2) is 0 Å². The summed E-state index contributed by atoms with van der Waals surface area (Å²) in [6.07, 6.45) is 3.07. The first-order chi connectivity index (χ1) is 24.4. The van der Waals surface area contributed by atoms with Crippen LogP contribution in [0.3, 0.4) is 0 Å². The Morgan fingerprint density at radius 2 is 1.51 bits per heavy atom. The maximum Gasteiger partial charge on any atom is 0.411 e. The number of rotatable bonds is 9. The summed E-state index contributed by atoms with van der Waals surface area (Å²) in [5.74, 6) is -0.376. The quantitative estimate of drug-likeness (QED) is 0.289. The van der Waals surface area contributed by atoms with Crippen molar-refractivity contribution >= 4 is 29.5 Å². The predicted molar refractivity (Wildman–Crippen MR) is 200 cm³/mol. The van der Waals surface area contributed by atoms with E-state index in [-0.39, 0.29) is 23.8 Å².